The zero-order valence-electron chi connectivity index (χ0n) is 14.0. The molecule has 116 valence electrons. The molecule has 1 heteroatoms. The maximum absolute atomic E-state index is 10.5. The van der Waals surface area contributed by atoms with E-state index < -0.39 is 0 Å². The van der Waals surface area contributed by atoms with E-state index in [1.54, 1.807) is 0 Å². The van der Waals surface area contributed by atoms with Crippen molar-refractivity contribution in [2.75, 3.05) is 0 Å². The van der Waals surface area contributed by atoms with Gasteiger partial charge in [0.05, 0.1) is 6.10 Å². The van der Waals surface area contributed by atoms with Gasteiger partial charge in [-0.1, -0.05) is 27.7 Å². The Morgan fingerprint density at radius 2 is 1.55 bits per heavy atom. The second kappa shape index (κ2) is 4.73. The van der Waals surface area contributed by atoms with Gasteiger partial charge in [-0.25, -0.2) is 0 Å². The predicted octanol–water partition coefficient (Wildman–Crippen LogP) is 5.17. The Kier molecular flexibility index (Phi) is 3.52. The maximum atomic E-state index is 10.5. The summed E-state index contributed by atoms with van der Waals surface area (Å²) in [6, 6.07) is 0. The lowest BCUT2D eigenvalue weighted by Crippen LogP contribution is -2.55. The summed E-state index contributed by atoms with van der Waals surface area (Å²) in [7, 11) is 0. The molecule has 0 aromatic heterocycles. The van der Waals surface area contributed by atoms with Crippen LogP contribution in [0.15, 0.2) is 0 Å². The number of aliphatic hydroxyl groups excluding tert-OH is 1. The topological polar surface area (TPSA) is 20.2 Å². The van der Waals surface area contributed by atoms with Gasteiger partial charge < -0.3 is 5.11 Å². The quantitative estimate of drug-likeness (QED) is 0.735. The van der Waals surface area contributed by atoms with Crippen molar-refractivity contribution in [1.29, 1.82) is 0 Å². The van der Waals surface area contributed by atoms with E-state index in [9.17, 15) is 5.11 Å². The SMILES string of the molecule is CC(C)CCC(O)CC12CC3CC(C)(CC(C)(C3)C1)C2. The third-order valence-corrected chi connectivity index (χ3v) is 6.49. The highest BCUT2D eigenvalue weighted by Gasteiger charge is 2.59. The summed E-state index contributed by atoms with van der Waals surface area (Å²) in [4.78, 5) is 0. The molecule has 0 radical (unpaired) electrons. The average molecular weight is 278 g/mol. The lowest BCUT2D eigenvalue weighted by molar-refractivity contribution is -0.157. The van der Waals surface area contributed by atoms with Crippen LogP contribution in [0.3, 0.4) is 0 Å². The highest BCUT2D eigenvalue weighted by molar-refractivity contribution is 5.10. The van der Waals surface area contributed by atoms with Crippen LogP contribution in [-0.2, 0) is 0 Å². The molecule has 4 aliphatic rings. The normalized spacial score (nSPS) is 48.0. The molecule has 0 spiro atoms. The molecule has 4 saturated carbocycles. The van der Waals surface area contributed by atoms with Gasteiger partial charge in [-0.15, -0.1) is 0 Å². The summed E-state index contributed by atoms with van der Waals surface area (Å²) < 4.78 is 0. The molecule has 4 aliphatic carbocycles. The Hall–Kier alpha value is -0.0400. The van der Waals surface area contributed by atoms with Gasteiger partial charge in [-0.2, -0.15) is 0 Å². The molecule has 3 unspecified atom stereocenters. The van der Waals surface area contributed by atoms with Crippen molar-refractivity contribution in [3.05, 3.63) is 0 Å². The van der Waals surface area contributed by atoms with Crippen molar-refractivity contribution in [2.24, 2.45) is 28.1 Å². The second-order valence-corrected chi connectivity index (χ2v) is 9.96. The number of aliphatic hydroxyl groups is 1. The summed E-state index contributed by atoms with van der Waals surface area (Å²) in [5, 5.41) is 10.5. The van der Waals surface area contributed by atoms with E-state index in [2.05, 4.69) is 27.7 Å². The molecule has 4 fully saturated rings. The fourth-order valence-corrected chi connectivity index (χ4v) is 7.04. The number of rotatable bonds is 5. The van der Waals surface area contributed by atoms with Gasteiger partial charge in [0, 0.05) is 0 Å². The molecule has 0 saturated heterocycles. The van der Waals surface area contributed by atoms with E-state index in [1.807, 2.05) is 0 Å². The van der Waals surface area contributed by atoms with Gasteiger partial charge in [0.1, 0.15) is 0 Å². The van der Waals surface area contributed by atoms with Crippen LogP contribution >= 0.6 is 0 Å². The van der Waals surface area contributed by atoms with Gasteiger partial charge in [0.15, 0.2) is 0 Å². The van der Waals surface area contributed by atoms with Crippen LogP contribution in [-0.4, -0.2) is 11.2 Å². The first-order chi connectivity index (χ1) is 9.22. The lowest BCUT2D eigenvalue weighted by atomic mass is 9.39. The molecule has 0 heterocycles. The summed E-state index contributed by atoms with van der Waals surface area (Å²) in [5.74, 6) is 1.68. The fraction of sp³-hybridized carbons (Fsp3) is 1.00. The number of hydrogen-bond donors (Lipinski definition) is 1. The first kappa shape index (κ1) is 14.9. The van der Waals surface area contributed by atoms with Gasteiger partial charge in [-0.3, -0.25) is 0 Å². The van der Waals surface area contributed by atoms with E-state index in [1.165, 1.54) is 44.9 Å². The third kappa shape index (κ3) is 2.80. The molecule has 0 aromatic carbocycles. The Balaban J connectivity index is 1.69. The largest absolute Gasteiger partial charge is 0.393 e. The molecule has 0 amide bonds. The molecule has 0 aromatic rings. The minimum atomic E-state index is -0.0548. The molecular formula is C19H34O. The van der Waals surface area contributed by atoms with Crippen LogP contribution in [0.2, 0.25) is 0 Å². The highest BCUT2D eigenvalue weighted by Crippen LogP contribution is 2.70. The summed E-state index contributed by atoms with van der Waals surface area (Å²) in [5.41, 5.74) is 1.66. The summed E-state index contributed by atoms with van der Waals surface area (Å²) in [6.07, 6.45) is 11.8. The molecule has 1 N–H and O–H groups in total. The molecular weight excluding hydrogens is 244 g/mol. The summed E-state index contributed by atoms with van der Waals surface area (Å²) >= 11 is 0. The minimum absolute atomic E-state index is 0.0548. The Bertz CT molecular complexity index is 354. The van der Waals surface area contributed by atoms with Gasteiger partial charge >= 0.3 is 0 Å². The van der Waals surface area contributed by atoms with E-state index in [4.69, 9.17) is 0 Å². The van der Waals surface area contributed by atoms with E-state index >= 15 is 0 Å². The minimum Gasteiger partial charge on any atom is -0.393 e. The van der Waals surface area contributed by atoms with Crippen molar-refractivity contribution >= 4 is 0 Å². The smallest absolute Gasteiger partial charge is 0.0545 e. The Morgan fingerprint density at radius 1 is 0.950 bits per heavy atom. The van der Waals surface area contributed by atoms with Crippen molar-refractivity contribution in [1.82, 2.24) is 0 Å². The van der Waals surface area contributed by atoms with Gasteiger partial charge in [-0.05, 0) is 85.9 Å². The van der Waals surface area contributed by atoms with Crippen LogP contribution in [0.4, 0.5) is 0 Å². The van der Waals surface area contributed by atoms with Crippen LogP contribution in [0.25, 0.3) is 0 Å². The van der Waals surface area contributed by atoms with Crippen LogP contribution < -0.4 is 0 Å². The monoisotopic (exact) mass is 278 g/mol. The molecule has 4 rings (SSSR count). The standard InChI is InChI=1S/C19H34O/c1-14(2)5-6-16(20)10-19-9-15-7-17(3,12-19)11-18(4,8-15)13-19/h14-16,20H,5-13H2,1-4H3. The van der Waals surface area contributed by atoms with Crippen molar-refractivity contribution in [2.45, 2.75) is 91.6 Å². The predicted molar refractivity (Wildman–Crippen MR) is 84.5 cm³/mol. The second-order valence-electron chi connectivity index (χ2n) is 9.96. The number of hydrogen-bond acceptors (Lipinski definition) is 1. The summed E-state index contributed by atoms with van der Waals surface area (Å²) in [6.45, 7) is 9.59. The Labute approximate surface area is 125 Å². The van der Waals surface area contributed by atoms with E-state index in [0.29, 0.717) is 16.2 Å². The molecule has 0 aliphatic heterocycles. The highest BCUT2D eigenvalue weighted by atomic mass is 16.3. The van der Waals surface area contributed by atoms with Crippen molar-refractivity contribution in [3.8, 4) is 0 Å². The van der Waals surface area contributed by atoms with Crippen molar-refractivity contribution in [3.63, 3.8) is 0 Å². The van der Waals surface area contributed by atoms with E-state index in [0.717, 1.165) is 24.7 Å². The molecule has 3 atom stereocenters. The third-order valence-electron chi connectivity index (χ3n) is 6.49. The first-order valence-electron chi connectivity index (χ1n) is 8.90. The Morgan fingerprint density at radius 3 is 2.05 bits per heavy atom. The lowest BCUT2D eigenvalue weighted by Gasteiger charge is -2.66. The van der Waals surface area contributed by atoms with E-state index in [-0.39, 0.29) is 6.10 Å². The zero-order chi connectivity index (χ0) is 14.6. The first-order valence-corrected chi connectivity index (χ1v) is 8.90. The molecule has 20 heavy (non-hydrogen) atoms. The van der Waals surface area contributed by atoms with Crippen molar-refractivity contribution < 1.29 is 5.11 Å². The molecule has 1 nitrogen and oxygen atoms in total. The van der Waals surface area contributed by atoms with Gasteiger partial charge in [0.2, 0.25) is 0 Å². The fourth-order valence-electron chi connectivity index (χ4n) is 7.04. The molecule has 4 bridgehead atoms. The average Bonchev–Trinajstić information content (AvgIpc) is 2.20. The maximum Gasteiger partial charge on any atom is 0.0545 e. The van der Waals surface area contributed by atoms with Crippen LogP contribution in [0, 0.1) is 28.1 Å². The van der Waals surface area contributed by atoms with Crippen LogP contribution in [0.5, 0.6) is 0 Å². The zero-order valence-corrected chi connectivity index (χ0v) is 14.0. The van der Waals surface area contributed by atoms with Crippen LogP contribution in [0.1, 0.15) is 85.5 Å². The van der Waals surface area contributed by atoms with Gasteiger partial charge in [0.25, 0.3) is 0 Å².